The zero-order chi connectivity index (χ0) is 9.78. The molecular weight excluding hydrogens is 154 g/mol. The molecule has 3 nitrogen and oxygen atoms in total. The average Bonchev–Trinajstić information content (AvgIpc) is 2.06. The van der Waals surface area contributed by atoms with Gasteiger partial charge in [-0.2, -0.15) is 0 Å². The monoisotopic (exact) mass is 171 g/mol. The third-order valence-electron chi connectivity index (χ3n) is 1.18. The van der Waals surface area contributed by atoms with Gasteiger partial charge in [0.1, 0.15) is 0 Å². The molecule has 0 fully saturated rings. The number of rotatable bonds is 0. The van der Waals surface area contributed by atoms with Gasteiger partial charge < -0.3 is 4.74 Å². The maximum atomic E-state index is 10.8. The molecular formula is C9H17NO2. The number of carbonyl (C=O) groups excluding carboxylic acids is 1. The lowest BCUT2D eigenvalue weighted by molar-refractivity contribution is -0.137. The normalized spacial score (nSPS) is 19.1. The Labute approximate surface area is 73.8 Å². The number of cyclic esters (lactones) is 1. The number of hydrogen-bond donors (Lipinski definition) is 0. The summed E-state index contributed by atoms with van der Waals surface area (Å²) in [6, 6.07) is 0. The fraction of sp³-hybridized carbons (Fsp3) is 0.778. The Hall–Kier alpha value is -0.860. The first kappa shape index (κ1) is 11.1. The van der Waals surface area contributed by atoms with E-state index in [9.17, 15) is 4.79 Å². The molecule has 12 heavy (non-hydrogen) atoms. The molecule has 0 saturated heterocycles. The number of nitrogens with zero attached hydrogens (tertiary/aromatic N) is 1. The zero-order valence-corrected chi connectivity index (χ0v) is 8.47. The third-order valence-corrected chi connectivity index (χ3v) is 1.18. The van der Waals surface area contributed by atoms with Gasteiger partial charge in [0.15, 0.2) is 11.4 Å². The van der Waals surface area contributed by atoms with E-state index in [-0.39, 0.29) is 5.97 Å². The predicted octanol–water partition coefficient (Wildman–Crippen LogP) is 2.16. The first-order valence-electron chi connectivity index (χ1n) is 4.22. The van der Waals surface area contributed by atoms with Gasteiger partial charge in [0.25, 0.3) is 0 Å². The van der Waals surface area contributed by atoms with Crippen LogP contribution in [-0.4, -0.2) is 17.4 Å². The van der Waals surface area contributed by atoms with Crippen molar-refractivity contribution in [1.29, 1.82) is 0 Å². The van der Waals surface area contributed by atoms with E-state index in [2.05, 4.69) is 23.6 Å². The topological polar surface area (TPSA) is 38.7 Å². The van der Waals surface area contributed by atoms with Crippen LogP contribution in [0.25, 0.3) is 0 Å². The van der Waals surface area contributed by atoms with Crippen LogP contribution in [0.2, 0.25) is 0 Å². The SMILES string of the molecule is CC1=NC(C)(C)C(=O)O1.CCC. The Morgan fingerprint density at radius 1 is 1.42 bits per heavy atom. The van der Waals surface area contributed by atoms with E-state index in [0.29, 0.717) is 5.90 Å². The van der Waals surface area contributed by atoms with E-state index in [1.54, 1.807) is 20.8 Å². The molecule has 0 N–H and O–H groups in total. The van der Waals surface area contributed by atoms with Gasteiger partial charge in [-0.15, -0.1) is 0 Å². The maximum Gasteiger partial charge on any atom is 0.340 e. The summed E-state index contributed by atoms with van der Waals surface area (Å²) in [4.78, 5) is 14.7. The summed E-state index contributed by atoms with van der Waals surface area (Å²) < 4.78 is 4.69. The first-order valence-corrected chi connectivity index (χ1v) is 4.22. The second-order valence-corrected chi connectivity index (χ2v) is 3.29. The third kappa shape index (κ3) is 3.03. The quantitative estimate of drug-likeness (QED) is 0.524. The van der Waals surface area contributed by atoms with Crippen LogP contribution < -0.4 is 0 Å². The molecule has 3 heteroatoms. The molecule has 0 aromatic carbocycles. The molecule has 0 aromatic heterocycles. The van der Waals surface area contributed by atoms with E-state index in [0.717, 1.165) is 0 Å². The summed E-state index contributed by atoms with van der Waals surface area (Å²) >= 11 is 0. The number of hydrogen-bond acceptors (Lipinski definition) is 3. The minimum Gasteiger partial charge on any atom is -0.410 e. The molecule has 1 heterocycles. The molecule has 70 valence electrons. The largest absolute Gasteiger partial charge is 0.410 e. The van der Waals surface area contributed by atoms with Gasteiger partial charge in [-0.1, -0.05) is 20.3 Å². The number of aliphatic imine (C=N–C) groups is 1. The number of ether oxygens (including phenoxy) is 1. The molecule has 1 aliphatic heterocycles. The summed E-state index contributed by atoms with van der Waals surface area (Å²) in [6.45, 7) is 9.38. The van der Waals surface area contributed by atoms with Crippen molar-refractivity contribution in [1.82, 2.24) is 0 Å². The van der Waals surface area contributed by atoms with Crippen molar-refractivity contribution in [2.45, 2.75) is 46.6 Å². The highest BCUT2D eigenvalue weighted by atomic mass is 16.6. The van der Waals surface area contributed by atoms with E-state index in [4.69, 9.17) is 0 Å². The van der Waals surface area contributed by atoms with Crippen LogP contribution in [-0.2, 0) is 9.53 Å². The van der Waals surface area contributed by atoms with Crippen LogP contribution in [0.15, 0.2) is 4.99 Å². The average molecular weight is 171 g/mol. The molecule has 0 spiro atoms. The Bertz CT molecular complexity index is 195. The highest BCUT2D eigenvalue weighted by Gasteiger charge is 2.34. The van der Waals surface area contributed by atoms with E-state index >= 15 is 0 Å². The van der Waals surface area contributed by atoms with Crippen LogP contribution in [0.5, 0.6) is 0 Å². The predicted molar refractivity (Wildman–Crippen MR) is 49.2 cm³/mol. The van der Waals surface area contributed by atoms with Crippen molar-refractivity contribution in [3.8, 4) is 0 Å². The second kappa shape index (κ2) is 4.24. The summed E-state index contributed by atoms with van der Waals surface area (Å²) in [5.41, 5.74) is -0.649. The molecule has 0 radical (unpaired) electrons. The molecule has 0 unspecified atom stereocenters. The molecule has 1 rings (SSSR count). The lowest BCUT2D eigenvalue weighted by atomic mass is 10.1. The maximum absolute atomic E-state index is 10.8. The van der Waals surface area contributed by atoms with Gasteiger partial charge in [-0.25, -0.2) is 9.79 Å². The van der Waals surface area contributed by atoms with Crippen LogP contribution in [0, 0.1) is 0 Å². The van der Waals surface area contributed by atoms with Crippen molar-refractivity contribution in [2.75, 3.05) is 0 Å². The lowest BCUT2D eigenvalue weighted by Gasteiger charge is -2.05. The highest BCUT2D eigenvalue weighted by molar-refractivity contribution is 5.98. The zero-order valence-electron chi connectivity index (χ0n) is 8.47. The van der Waals surface area contributed by atoms with Crippen molar-refractivity contribution in [3.05, 3.63) is 0 Å². The van der Waals surface area contributed by atoms with Crippen molar-refractivity contribution in [3.63, 3.8) is 0 Å². The molecule has 0 aliphatic carbocycles. The summed E-state index contributed by atoms with van der Waals surface area (Å²) in [7, 11) is 0. The number of esters is 1. The summed E-state index contributed by atoms with van der Waals surface area (Å²) in [6.07, 6.45) is 1.25. The molecule has 1 aliphatic rings. The Morgan fingerprint density at radius 3 is 1.92 bits per heavy atom. The molecule has 0 atom stereocenters. The van der Waals surface area contributed by atoms with E-state index in [1.165, 1.54) is 6.42 Å². The standard InChI is InChI=1S/C6H9NO2.C3H8/c1-4-7-6(2,3)5(8)9-4;1-3-2/h1-3H3;3H2,1-2H3. The van der Waals surface area contributed by atoms with Crippen molar-refractivity contribution < 1.29 is 9.53 Å². The summed E-state index contributed by atoms with van der Waals surface area (Å²) in [5.74, 6) is 0.199. The van der Waals surface area contributed by atoms with Crippen LogP contribution in [0.1, 0.15) is 41.0 Å². The Kier molecular flexibility index (Phi) is 3.93. The molecule has 0 amide bonds. The fourth-order valence-corrected chi connectivity index (χ4v) is 0.721. The van der Waals surface area contributed by atoms with Crippen LogP contribution in [0.3, 0.4) is 0 Å². The lowest BCUT2D eigenvalue weighted by Crippen LogP contribution is -2.25. The second-order valence-electron chi connectivity index (χ2n) is 3.29. The molecule has 0 aromatic rings. The van der Waals surface area contributed by atoms with Crippen LogP contribution in [0.4, 0.5) is 0 Å². The first-order chi connectivity index (χ1) is 5.44. The van der Waals surface area contributed by atoms with Crippen LogP contribution >= 0.6 is 0 Å². The Morgan fingerprint density at radius 2 is 1.83 bits per heavy atom. The molecule has 0 saturated carbocycles. The van der Waals surface area contributed by atoms with Crippen molar-refractivity contribution >= 4 is 11.9 Å². The van der Waals surface area contributed by atoms with Gasteiger partial charge >= 0.3 is 5.97 Å². The fourth-order valence-electron chi connectivity index (χ4n) is 0.721. The highest BCUT2D eigenvalue weighted by Crippen LogP contribution is 2.17. The van der Waals surface area contributed by atoms with E-state index < -0.39 is 5.54 Å². The smallest absolute Gasteiger partial charge is 0.340 e. The Balaban J connectivity index is 0.000000354. The minimum atomic E-state index is -0.649. The number of carbonyl (C=O) groups is 1. The van der Waals surface area contributed by atoms with Gasteiger partial charge in [-0.3, -0.25) is 0 Å². The van der Waals surface area contributed by atoms with Gasteiger partial charge in [0, 0.05) is 6.92 Å². The van der Waals surface area contributed by atoms with Gasteiger partial charge in [0.05, 0.1) is 0 Å². The summed E-state index contributed by atoms with van der Waals surface area (Å²) in [5, 5.41) is 0. The van der Waals surface area contributed by atoms with Gasteiger partial charge in [-0.05, 0) is 13.8 Å². The van der Waals surface area contributed by atoms with E-state index in [1.807, 2.05) is 0 Å². The molecule has 0 bridgehead atoms. The van der Waals surface area contributed by atoms with Gasteiger partial charge in [0.2, 0.25) is 0 Å². The van der Waals surface area contributed by atoms with Crippen molar-refractivity contribution in [2.24, 2.45) is 4.99 Å². The minimum absolute atomic E-state index is 0.264.